The van der Waals surface area contributed by atoms with Crippen molar-refractivity contribution in [3.05, 3.63) is 59.7 Å². The first-order valence-electron chi connectivity index (χ1n) is 10.9. The first-order chi connectivity index (χ1) is 15.0. The van der Waals surface area contributed by atoms with Gasteiger partial charge < -0.3 is 19.7 Å². The highest BCUT2D eigenvalue weighted by molar-refractivity contribution is 7.99. The molecule has 0 fully saturated rings. The molecule has 1 unspecified atom stereocenters. The van der Waals surface area contributed by atoms with E-state index in [4.69, 9.17) is 26.2 Å². The number of alkyl halides is 1. The molecule has 0 aromatic heterocycles. The van der Waals surface area contributed by atoms with Crippen molar-refractivity contribution in [2.75, 3.05) is 37.2 Å². The highest BCUT2D eigenvalue weighted by Gasteiger charge is 2.23. The Morgan fingerprint density at radius 2 is 1.48 bits per heavy atom. The zero-order valence-electron chi connectivity index (χ0n) is 18.6. The Hall–Kier alpha value is -1.40. The van der Waals surface area contributed by atoms with Crippen molar-refractivity contribution < 1.29 is 19.7 Å². The lowest BCUT2D eigenvalue weighted by Crippen LogP contribution is -2.21. The summed E-state index contributed by atoms with van der Waals surface area (Å²) in [4.78, 5) is 0. The van der Waals surface area contributed by atoms with Gasteiger partial charge in [-0.25, -0.2) is 0 Å². The number of hydrogen-bond acceptors (Lipinski definition) is 5. The molecule has 2 aromatic rings. The monoisotopic (exact) mass is 466 g/mol. The third-order valence-electron chi connectivity index (χ3n) is 5.15. The van der Waals surface area contributed by atoms with Gasteiger partial charge in [0, 0.05) is 23.7 Å². The van der Waals surface area contributed by atoms with Crippen LogP contribution in [0.1, 0.15) is 44.2 Å². The summed E-state index contributed by atoms with van der Waals surface area (Å²) in [6.45, 7) is 5.54. The average molecular weight is 467 g/mol. The highest BCUT2D eigenvalue weighted by Crippen LogP contribution is 2.33. The van der Waals surface area contributed by atoms with E-state index in [9.17, 15) is 5.11 Å². The van der Waals surface area contributed by atoms with Crippen LogP contribution in [0.15, 0.2) is 48.5 Å². The highest BCUT2D eigenvalue weighted by atomic mass is 35.5. The molecule has 2 N–H and O–H groups in total. The van der Waals surface area contributed by atoms with Crippen molar-refractivity contribution in [2.24, 2.45) is 0 Å². The Morgan fingerprint density at radius 1 is 0.903 bits per heavy atom. The van der Waals surface area contributed by atoms with Crippen LogP contribution in [0.4, 0.5) is 0 Å². The van der Waals surface area contributed by atoms with Crippen molar-refractivity contribution in [2.45, 2.75) is 44.6 Å². The summed E-state index contributed by atoms with van der Waals surface area (Å²) in [5, 5.41) is 18.9. The maximum Gasteiger partial charge on any atom is 0.119 e. The zero-order chi connectivity index (χ0) is 22.5. The van der Waals surface area contributed by atoms with Crippen LogP contribution in [0.3, 0.4) is 0 Å². The molecule has 0 saturated carbocycles. The Morgan fingerprint density at radius 3 is 2.03 bits per heavy atom. The van der Waals surface area contributed by atoms with Crippen molar-refractivity contribution in [3.8, 4) is 11.5 Å². The number of aliphatic hydroxyl groups is 2. The number of thioether (sulfide) groups is 1. The Kier molecular flexibility index (Phi) is 11.6. The van der Waals surface area contributed by atoms with E-state index in [1.54, 1.807) is 11.8 Å². The van der Waals surface area contributed by atoms with E-state index in [0.717, 1.165) is 36.5 Å². The van der Waals surface area contributed by atoms with Crippen LogP contribution >= 0.6 is 23.4 Å². The van der Waals surface area contributed by atoms with Crippen molar-refractivity contribution in [3.63, 3.8) is 0 Å². The molecule has 172 valence electrons. The molecule has 2 rings (SSSR count). The SMILES string of the molecule is CC(C)(c1ccc(OCCCCl)cc1)c1ccc(OCC(O)CSCCCCO)cc1. The molecule has 0 amide bonds. The summed E-state index contributed by atoms with van der Waals surface area (Å²) in [6.07, 6.45) is 2.12. The molecule has 0 aliphatic carbocycles. The van der Waals surface area contributed by atoms with Crippen LogP contribution in [0.5, 0.6) is 11.5 Å². The summed E-state index contributed by atoms with van der Waals surface area (Å²) in [5.74, 6) is 3.81. The first kappa shape index (κ1) is 25.9. The molecule has 0 saturated heterocycles. The molecule has 31 heavy (non-hydrogen) atoms. The molecular weight excluding hydrogens is 432 g/mol. The van der Waals surface area contributed by atoms with Crippen LogP contribution in [0.25, 0.3) is 0 Å². The quantitative estimate of drug-likeness (QED) is 0.277. The van der Waals surface area contributed by atoms with Crippen LogP contribution in [0.2, 0.25) is 0 Å². The fourth-order valence-corrected chi connectivity index (χ4v) is 4.18. The molecular formula is C25H35ClO4S. The van der Waals surface area contributed by atoms with Crippen LogP contribution in [-0.2, 0) is 5.41 Å². The van der Waals surface area contributed by atoms with Gasteiger partial charge in [-0.3, -0.25) is 0 Å². The predicted octanol–water partition coefficient (Wildman–Crippen LogP) is 5.27. The van der Waals surface area contributed by atoms with E-state index in [0.29, 0.717) is 18.2 Å². The maximum absolute atomic E-state index is 10.1. The van der Waals surface area contributed by atoms with Gasteiger partial charge in [0.1, 0.15) is 18.1 Å². The van der Waals surface area contributed by atoms with E-state index >= 15 is 0 Å². The van der Waals surface area contributed by atoms with Gasteiger partial charge in [0.2, 0.25) is 0 Å². The molecule has 4 nitrogen and oxygen atoms in total. The number of hydrogen-bond donors (Lipinski definition) is 2. The van der Waals surface area contributed by atoms with Crippen LogP contribution in [0, 0.1) is 0 Å². The van der Waals surface area contributed by atoms with Gasteiger partial charge >= 0.3 is 0 Å². The maximum atomic E-state index is 10.1. The molecule has 0 bridgehead atoms. The number of ether oxygens (including phenoxy) is 2. The topological polar surface area (TPSA) is 58.9 Å². The van der Waals surface area contributed by atoms with E-state index in [1.165, 1.54) is 11.1 Å². The second-order valence-electron chi connectivity index (χ2n) is 8.04. The predicted molar refractivity (Wildman–Crippen MR) is 131 cm³/mol. The molecule has 2 aromatic carbocycles. The van der Waals surface area contributed by atoms with Gasteiger partial charge in [0.25, 0.3) is 0 Å². The first-order valence-corrected chi connectivity index (χ1v) is 12.6. The van der Waals surface area contributed by atoms with E-state index in [2.05, 4.69) is 38.1 Å². The molecule has 6 heteroatoms. The minimum Gasteiger partial charge on any atom is -0.494 e. The summed E-state index contributed by atoms with van der Waals surface area (Å²) >= 11 is 7.38. The van der Waals surface area contributed by atoms with E-state index in [1.807, 2.05) is 24.3 Å². The fraction of sp³-hybridized carbons (Fsp3) is 0.520. The molecule has 1 atom stereocenters. The van der Waals surface area contributed by atoms with Crippen LogP contribution in [-0.4, -0.2) is 53.5 Å². The van der Waals surface area contributed by atoms with Crippen molar-refractivity contribution in [1.29, 1.82) is 0 Å². The molecule has 0 aliphatic heterocycles. The normalized spacial score (nSPS) is 12.5. The summed E-state index contributed by atoms with van der Waals surface area (Å²) < 4.78 is 11.4. The number of halogens is 1. The molecule has 0 aliphatic rings. The Balaban J connectivity index is 1.85. The Labute approximate surface area is 195 Å². The smallest absolute Gasteiger partial charge is 0.119 e. The second kappa shape index (κ2) is 13.9. The lowest BCUT2D eigenvalue weighted by molar-refractivity contribution is 0.126. The summed E-state index contributed by atoms with van der Waals surface area (Å²) in [7, 11) is 0. The largest absolute Gasteiger partial charge is 0.494 e. The van der Waals surface area contributed by atoms with Gasteiger partial charge in [0.05, 0.1) is 12.7 Å². The van der Waals surface area contributed by atoms with Crippen molar-refractivity contribution >= 4 is 23.4 Å². The van der Waals surface area contributed by atoms with Crippen LogP contribution < -0.4 is 9.47 Å². The number of rotatable bonds is 15. The Bertz CT molecular complexity index is 734. The molecule has 0 heterocycles. The van der Waals surface area contributed by atoms with Gasteiger partial charge in [0.15, 0.2) is 0 Å². The minimum absolute atomic E-state index is 0.155. The van der Waals surface area contributed by atoms with E-state index < -0.39 is 6.10 Å². The molecule has 0 radical (unpaired) electrons. The third-order valence-corrected chi connectivity index (χ3v) is 6.61. The van der Waals surface area contributed by atoms with Crippen molar-refractivity contribution in [1.82, 2.24) is 0 Å². The fourth-order valence-electron chi connectivity index (χ4n) is 3.12. The van der Waals surface area contributed by atoms with Gasteiger partial charge in [-0.15, -0.1) is 11.6 Å². The van der Waals surface area contributed by atoms with Gasteiger partial charge in [-0.05, 0) is 60.4 Å². The summed E-state index contributed by atoms with van der Waals surface area (Å²) in [6, 6.07) is 16.3. The number of benzene rings is 2. The average Bonchev–Trinajstić information content (AvgIpc) is 2.78. The standard InChI is InChI=1S/C25H35ClO4S/c1-25(2,20-6-10-23(11-7-20)29-16-5-14-26)21-8-12-24(13-9-21)30-18-22(28)19-31-17-4-3-15-27/h6-13,22,27-28H,3-5,14-19H2,1-2H3. The minimum atomic E-state index is -0.500. The zero-order valence-corrected chi connectivity index (χ0v) is 20.1. The summed E-state index contributed by atoms with van der Waals surface area (Å²) in [5.41, 5.74) is 2.24. The number of aliphatic hydroxyl groups excluding tert-OH is 2. The third kappa shape index (κ3) is 8.93. The lowest BCUT2D eigenvalue weighted by atomic mass is 9.78. The number of unbranched alkanes of at least 4 members (excludes halogenated alkanes) is 1. The second-order valence-corrected chi connectivity index (χ2v) is 9.56. The van der Waals surface area contributed by atoms with Gasteiger partial charge in [-0.2, -0.15) is 11.8 Å². The van der Waals surface area contributed by atoms with E-state index in [-0.39, 0.29) is 18.6 Å². The molecule has 0 spiro atoms. The lowest BCUT2D eigenvalue weighted by Gasteiger charge is -2.26. The van der Waals surface area contributed by atoms with Gasteiger partial charge in [-0.1, -0.05) is 38.1 Å².